The van der Waals surface area contributed by atoms with E-state index >= 15 is 0 Å². The number of aryl methyl sites for hydroxylation is 1. The van der Waals surface area contributed by atoms with Crippen LogP contribution < -0.4 is 9.62 Å². The van der Waals surface area contributed by atoms with Crippen molar-refractivity contribution in [1.82, 2.24) is 10.2 Å². The van der Waals surface area contributed by atoms with Gasteiger partial charge in [-0.25, -0.2) is 12.8 Å². The summed E-state index contributed by atoms with van der Waals surface area (Å²) in [6.07, 6.45) is 6.01. The lowest BCUT2D eigenvalue weighted by atomic mass is 9.95. The van der Waals surface area contributed by atoms with Gasteiger partial charge in [-0.3, -0.25) is 13.9 Å². The molecule has 1 N–H and O–H groups in total. The number of hydrogen-bond donors (Lipinski definition) is 1. The smallest absolute Gasteiger partial charge is 0.244 e. The molecule has 1 aliphatic carbocycles. The molecule has 1 atom stereocenters. The molecule has 1 aliphatic rings. The van der Waals surface area contributed by atoms with Gasteiger partial charge in [0.25, 0.3) is 0 Å². The summed E-state index contributed by atoms with van der Waals surface area (Å²) in [6.45, 7) is 2.91. The summed E-state index contributed by atoms with van der Waals surface area (Å²) in [5.41, 5.74) is 1.64. The highest BCUT2D eigenvalue weighted by Crippen LogP contribution is 2.25. The molecule has 1 saturated carbocycles. The highest BCUT2D eigenvalue weighted by Gasteiger charge is 2.31. The topological polar surface area (TPSA) is 86.8 Å². The summed E-state index contributed by atoms with van der Waals surface area (Å²) in [7, 11) is -3.85. The van der Waals surface area contributed by atoms with E-state index in [4.69, 9.17) is 11.6 Å². The van der Waals surface area contributed by atoms with E-state index in [-0.39, 0.29) is 24.2 Å². The Kier molecular flexibility index (Phi) is 9.35. The Labute approximate surface area is 217 Å². The second-order valence-electron chi connectivity index (χ2n) is 9.37. The van der Waals surface area contributed by atoms with Gasteiger partial charge in [-0.15, -0.1) is 0 Å². The Hall–Kier alpha value is -2.65. The lowest BCUT2D eigenvalue weighted by molar-refractivity contribution is -0.139. The van der Waals surface area contributed by atoms with Gasteiger partial charge in [0.15, 0.2) is 0 Å². The number of rotatable bonds is 9. The largest absolute Gasteiger partial charge is 0.352 e. The van der Waals surface area contributed by atoms with E-state index in [0.29, 0.717) is 10.6 Å². The quantitative estimate of drug-likeness (QED) is 0.513. The molecule has 10 heteroatoms. The molecule has 7 nitrogen and oxygen atoms in total. The second-order valence-corrected chi connectivity index (χ2v) is 11.7. The molecule has 0 saturated heterocycles. The minimum atomic E-state index is -3.85. The standard InChI is InChI=1S/C26H33ClFN3O4S/c1-18-9-14-23(15-24(18)27)31(36(3,34)35)17-25(32)30(16-20-10-12-21(28)13-11-20)19(2)26(33)29-22-7-5-4-6-8-22/h9-15,19,22H,4-8,16-17H2,1-3H3,(H,29,33)/t19-/m1/s1. The number of sulfonamides is 1. The monoisotopic (exact) mass is 537 g/mol. The van der Waals surface area contributed by atoms with Crippen LogP contribution in [0.4, 0.5) is 10.1 Å². The first-order valence-electron chi connectivity index (χ1n) is 12.0. The molecule has 1 fully saturated rings. The van der Waals surface area contributed by atoms with E-state index in [0.717, 1.165) is 48.2 Å². The molecule has 0 spiro atoms. The van der Waals surface area contributed by atoms with Crippen LogP contribution in [0.15, 0.2) is 42.5 Å². The van der Waals surface area contributed by atoms with Gasteiger partial charge in [0.2, 0.25) is 21.8 Å². The normalized spacial score (nSPS) is 15.2. The van der Waals surface area contributed by atoms with E-state index in [1.807, 2.05) is 0 Å². The molecule has 0 bridgehead atoms. The van der Waals surface area contributed by atoms with Crippen LogP contribution in [0.2, 0.25) is 5.02 Å². The number of carbonyl (C=O) groups is 2. The number of benzene rings is 2. The Bertz CT molecular complexity index is 1180. The van der Waals surface area contributed by atoms with Gasteiger partial charge in [-0.2, -0.15) is 0 Å². The van der Waals surface area contributed by atoms with Crippen molar-refractivity contribution >= 4 is 39.1 Å². The third-order valence-corrected chi connectivity index (χ3v) is 8.06. The van der Waals surface area contributed by atoms with Crippen molar-refractivity contribution in [3.63, 3.8) is 0 Å². The molecule has 36 heavy (non-hydrogen) atoms. The number of amides is 2. The van der Waals surface area contributed by atoms with Crippen LogP contribution >= 0.6 is 11.6 Å². The first kappa shape index (κ1) is 27.9. The number of carbonyl (C=O) groups excluding carboxylic acids is 2. The number of nitrogens with zero attached hydrogens (tertiary/aromatic N) is 2. The highest BCUT2D eigenvalue weighted by atomic mass is 35.5. The van der Waals surface area contributed by atoms with E-state index < -0.39 is 34.3 Å². The number of nitrogens with one attached hydrogen (secondary N) is 1. The van der Waals surface area contributed by atoms with Gasteiger partial charge in [0.1, 0.15) is 18.4 Å². The zero-order chi connectivity index (χ0) is 26.5. The zero-order valence-electron chi connectivity index (χ0n) is 20.8. The van der Waals surface area contributed by atoms with Gasteiger partial charge in [-0.1, -0.05) is 49.1 Å². The molecule has 2 amide bonds. The fourth-order valence-electron chi connectivity index (χ4n) is 4.29. The predicted molar refractivity (Wildman–Crippen MR) is 140 cm³/mol. The Morgan fingerprint density at radius 3 is 2.33 bits per heavy atom. The van der Waals surface area contributed by atoms with Crippen molar-refractivity contribution in [3.8, 4) is 0 Å². The summed E-state index contributed by atoms with van der Waals surface area (Å²) in [5, 5.41) is 3.41. The molecule has 2 aromatic rings. The summed E-state index contributed by atoms with van der Waals surface area (Å²) in [4.78, 5) is 28.0. The van der Waals surface area contributed by atoms with Gasteiger partial charge >= 0.3 is 0 Å². The maximum Gasteiger partial charge on any atom is 0.244 e. The fourth-order valence-corrected chi connectivity index (χ4v) is 5.30. The summed E-state index contributed by atoms with van der Waals surface area (Å²) < 4.78 is 39.7. The predicted octanol–water partition coefficient (Wildman–Crippen LogP) is 4.42. The van der Waals surface area contributed by atoms with Crippen LogP contribution in [-0.4, -0.2) is 50.0 Å². The molecule has 2 aromatic carbocycles. The highest BCUT2D eigenvalue weighted by molar-refractivity contribution is 7.92. The number of anilines is 1. The molecule has 0 heterocycles. The Morgan fingerprint density at radius 1 is 1.11 bits per heavy atom. The molecule has 0 unspecified atom stereocenters. The van der Waals surface area contributed by atoms with Crippen LogP contribution in [0.5, 0.6) is 0 Å². The zero-order valence-corrected chi connectivity index (χ0v) is 22.4. The number of hydrogen-bond acceptors (Lipinski definition) is 4. The van der Waals surface area contributed by atoms with Crippen molar-refractivity contribution < 1.29 is 22.4 Å². The first-order valence-corrected chi connectivity index (χ1v) is 14.3. The van der Waals surface area contributed by atoms with E-state index in [1.165, 1.54) is 35.2 Å². The summed E-state index contributed by atoms with van der Waals surface area (Å²) in [5.74, 6) is -1.28. The minimum absolute atomic E-state index is 0.0185. The maximum absolute atomic E-state index is 13.6. The minimum Gasteiger partial charge on any atom is -0.352 e. The van der Waals surface area contributed by atoms with Gasteiger partial charge in [0, 0.05) is 17.6 Å². The van der Waals surface area contributed by atoms with Crippen LogP contribution in [0.1, 0.15) is 50.2 Å². The van der Waals surface area contributed by atoms with Crippen molar-refractivity contribution in [2.24, 2.45) is 0 Å². The average molecular weight is 538 g/mol. The number of halogens is 2. The summed E-state index contributed by atoms with van der Waals surface area (Å²) in [6, 6.07) is 9.57. The van der Waals surface area contributed by atoms with Crippen molar-refractivity contribution in [1.29, 1.82) is 0 Å². The maximum atomic E-state index is 13.6. The van der Waals surface area contributed by atoms with Crippen LogP contribution in [0.25, 0.3) is 0 Å². The second kappa shape index (κ2) is 12.1. The first-order chi connectivity index (χ1) is 17.0. The van der Waals surface area contributed by atoms with Crippen LogP contribution in [0, 0.1) is 12.7 Å². The molecular formula is C26H33ClFN3O4S. The van der Waals surface area contributed by atoms with Crippen LogP contribution in [-0.2, 0) is 26.2 Å². The Balaban J connectivity index is 1.87. The lowest BCUT2D eigenvalue weighted by Crippen LogP contribution is -2.52. The molecule has 0 aromatic heterocycles. The molecule has 196 valence electrons. The SMILES string of the molecule is Cc1ccc(N(CC(=O)N(Cc2ccc(F)cc2)[C@H](C)C(=O)NC2CCCCC2)S(C)(=O)=O)cc1Cl. The van der Waals surface area contributed by atoms with E-state index in [1.54, 1.807) is 26.0 Å². The molecular weight excluding hydrogens is 505 g/mol. The van der Waals surface area contributed by atoms with Gasteiger partial charge < -0.3 is 10.2 Å². The lowest BCUT2D eigenvalue weighted by Gasteiger charge is -2.33. The van der Waals surface area contributed by atoms with Crippen molar-refractivity contribution in [2.75, 3.05) is 17.1 Å². The fraction of sp³-hybridized carbons (Fsp3) is 0.462. The summed E-state index contributed by atoms with van der Waals surface area (Å²) >= 11 is 6.21. The van der Waals surface area contributed by atoms with Crippen LogP contribution in [0.3, 0.4) is 0 Å². The average Bonchev–Trinajstić information content (AvgIpc) is 2.83. The van der Waals surface area contributed by atoms with Gasteiger partial charge in [0.05, 0.1) is 11.9 Å². The molecule has 3 rings (SSSR count). The van der Waals surface area contributed by atoms with Crippen molar-refractivity contribution in [3.05, 3.63) is 64.4 Å². The van der Waals surface area contributed by atoms with E-state index in [9.17, 15) is 22.4 Å². The molecule has 0 aliphatic heterocycles. The van der Waals surface area contributed by atoms with Gasteiger partial charge in [-0.05, 0) is 62.1 Å². The third-order valence-electron chi connectivity index (χ3n) is 6.51. The van der Waals surface area contributed by atoms with Crippen molar-refractivity contribution in [2.45, 2.75) is 64.6 Å². The Morgan fingerprint density at radius 2 is 1.75 bits per heavy atom. The molecule has 0 radical (unpaired) electrons. The third kappa shape index (κ3) is 7.43. The van der Waals surface area contributed by atoms with E-state index in [2.05, 4.69) is 5.32 Å².